The van der Waals surface area contributed by atoms with Crippen molar-refractivity contribution in [2.24, 2.45) is 11.8 Å². The molecule has 0 aromatic heterocycles. The molecule has 1 aliphatic rings. The van der Waals surface area contributed by atoms with Crippen molar-refractivity contribution >= 4 is 0 Å². The molecule has 0 saturated heterocycles. The molecule has 0 N–H and O–H groups in total. The zero-order valence-corrected chi connectivity index (χ0v) is 9.51. The summed E-state index contributed by atoms with van der Waals surface area (Å²) in [7, 11) is 2.24. The van der Waals surface area contributed by atoms with Crippen LogP contribution in [0.1, 0.15) is 33.6 Å². The Hall–Kier alpha value is -0.300. The monoisotopic (exact) mass is 181 g/mol. The Kier molecular flexibility index (Phi) is 3.98. The summed E-state index contributed by atoms with van der Waals surface area (Å²) in [5.41, 5.74) is 1.59. The second-order valence-corrected chi connectivity index (χ2v) is 4.58. The molecule has 0 aliphatic carbocycles. The average Bonchev–Trinajstić information content (AvgIpc) is 2.13. The summed E-state index contributed by atoms with van der Waals surface area (Å²) in [5.74, 6) is 1.53. The van der Waals surface area contributed by atoms with E-state index in [1.165, 1.54) is 25.9 Å². The van der Waals surface area contributed by atoms with Crippen LogP contribution in [-0.4, -0.2) is 25.0 Å². The van der Waals surface area contributed by atoms with E-state index in [0.29, 0.717) is 0 Å². The third-order valence-corrected chi connectivity index (χ3v) is 3.07. The van der Waals surface area contributed by atoms with Crippen LogP contribution in [0.2, 0.25) is 0 Å². The van der Waals surface area contributed by atoms with Gasteiger partial charge in [-0.25, -0.2) is 0 Å². The van der Waals surface area contributed by atoms with Gasteiger partial charge >= 0.3 is 0 Å². The normalized spacial score (nSPS) is 31.2. The lowest BCUT2D eigenvalue weighted by Crippen LogP contribution is -2.26. The van der Waals surface area contributed by atoms with Crippen molar-refractivity contribution in [1.82, 2.24) is 4.90 Å². The lowest BCUT2D eigenvalue weighted by Gasteiger charge is -2.20. The van der Waals surface area contributed by atoms with Crippen LogP contribution in [-0.2, 0) is 0 Å². The second-order valence-electron chi connectivity index (χ2n) is 4.58. The molecular weight excluding hydrogens is 158 g/mol. The van der Waals surface area contributed by atoms with E-state index in [0.717, 1.165) is 11.8 Å². The van der Waals surface area contributed by atoms with E-state index in [1.54, 1.807) is 5.57 Å². The van der Waals surface area contributed by atoms with Crippen LogP contribution in [0.3, 0.4) is 0 Å². The van der Waals surface area contributed by atoms with Gasteiger partial charge in [-0.15, -0.1) is 0 Å². The highest BCUT2D eigenvalue weighted by Crippen LogP contribution is 2.21. The molecule has 1 nitrogen and oxygen atoms in total. The van der Waals surface area contributed by atoms with Gasteiger partial charge in [-0.3, -0.25) is 0 Å². The third-order valence-electron chi connectivity index (χ3n) is 3.07. The fraction of sp³-hybridized carbons (Fsp3) is 0.833. The smallest absolute Gasteiger partial charge is 0.00416 e. The second kappa shape index (κ2) is 4.80. The molecule has 0 spiro atoms. The Balaban J connectivity index is 2.63. The van der Waals surface area contributed by atoms with Crippen LogP contribution in [0, 0.1) is 11.8 Å². The minimum Gasteiger partial charge on any atom is -0.305 e. The molecule has 13 heavy (non-hydrogen) atoms. The summed E-state index contributed by atoms with van der Waals surface area (Å²) in [6.45, 7) is 9.36. The Morgan fingerprint density at radius 2 is 2.15 bits per heavy atom. The van der Waals surface area contributed by atoms with E-state index < -0.39 is 0 Å². The van der Waals surface area contributed by atoms with Crippen LogP contribution >= 0.6 is 0 Å². The molecule has 0 aromatic rings. The first-order valence-corrected chi connectivity index (χ1v) is 5.50. The Morgan fingerprint density at radius 3 is 2.77 bits per heavy atom. The first-order chi connectivity index (χ1) is 6.13. The topological polar surface area (TPSA) is 3.24 Å². The molecule has 0 saturated carbocycles. The fourth-order valence-electron chi connectivity index (χ4n) is 2.22. The highest BCUT2D eigenvalue weighted by Gasteiger charge is 2.17. The summed E-state index contributed by atoms with van der Waals surface area (Å²) >= 11 is 0. The molecule has 76 valence electrons. The number of hydrogen-bond acceptors (Lipinski definition) is 1. The summed E-state index contributed by atoms with van der Waals surface area (Å²) < 4.78 is 0. The van der Waals surface area contributed by atoms with Gasteiger partial charge in [0.15, 0.2) is 0 Å². The zero-order valence-electron chi connectivity index (χ0n) is 9.51. The minimum absolute atomic E-state index is 0.742. The molecule has 2 unspecified atom stereocenters. The molecule has 1 rings (SSSR count). The molecule has 2 atom stereocenters. The highest BCUT2D eigenvalue weighted by atomic mass is 15.1. The van der Waals surface area contributed by atoms with Crippen molar-refractivity contribution in [3.63, 3.8) is 0 Å². The van der Waals surface area contributed by atoms with Crippen LogP contribution < -0.4 is 0 Å². The van der Waals surface area contributed by atoms with Crippen molar-refractivity contribution in [1.29, 1.82) is 0 Å². The van der Waals surface area contributed by atoms with Gasteiger partial charge in [-0.05, 0) is 32.2 Å². The van der Waals surface area contributed by atoms with Gasteiger partial charge in [0.2, 0.25) is 0 Å². The number of nitrogens with zero attached hydrogens (tertiary/aromatic N) is 1. The van der Waals surface area contributed by atoms with Crippen LogP contribution in [0.5, 0.6) is 0 Å². The van der Waals surface area contributed by atoms with Gasteiger partial charge in [0, 0.05) is 13.1 Å². The molecule has 1 heterocycles. The zero-order chi connectivity index (χ0) is 9.84. The summed E-state index contributed by atoms with van der Waals surface area (Å²) in [6, 6.07) is 0. The Bertz CT molecular complexity index is 184. The summed E-state index contributed by atoms with van der Waals surface area (Å²) in [4.78, 5) is 2.47. The largest absolute Gasteiger partial charge is 0.305 e. The van der Waals surface area contributed by atoms with Crippen LogP contribution in [0.15, 0.2) is 11.6 Å². The summed E-state index contributed by atoms with van der Waals surface area (Å²) in [5, 5.41) is 0. The number of rotatable bonds is 2. The summed E-state index contributed by atoms with van der Waals surface area (Å²) in [6.07, 6.45) is 5.14. The van der Waals surface area contributed by atoms with E-state index in [2.05, 4.69) is 38.8 Å². The molecule has 0 amide bonds. The molecular formula is C12H23N. The molecule has 0 bridgehead atoms. The molecule has 1 aliphatic heterocycles. The van der Waals surface area contributed by atoms with E-state index in [1.807, 2.05) is 0 Å². The van der Waals surface area contributed by atoms with Crippen LogP contribution in [0.4, 0.5) is 0 Å². The van der Waals surface area contributed by atoms with Gasteiger partial charge in [0.1, 0.15) is 0 Å². The number of hydrogen-bond donors (Lipinski definition) is 0. The first-order valence-electron chi connectivity index (χ1n) is 5.50. The van der Waals surface area contributed by atoms with Crippen molar-refractivity contribution in [2.45, 2.75) is 33.6 Å². The first kappa shape index (κ1) is 10.8. The van der Waals surface area contributed by atoms with Gasteiger partial charge in [-0.1, -0.05) is 31.9 Å². The SMILES string of the molecule is CCCC1C=C(C)C(C)CN(C)C1. The van der Waals surface area contributed by atoms with Crippen LogP contribution in [0.25, 0.3) is 0 Å². The highest BCUT2D eigenvalue weighted by molar-refractivity contribution is 5.08. The predicted octanol–water partition coefficient (Wildman–Crippen LogP) is 2.93. The maximum atomic E-state index is 2.50. The standard InChI is InChI=1S/C12H23N/c1-5-6-12-7-10(2)11(3)8-13(4)9-12/h7,11-12H,5-6,8-9H2,1-4H3. The molecule has 0 aromatic carbocycles. The van der Waals surface area contributed by atoms with Crippen molar-refractivity contribution in [2.75, 3.05) is 20.1 Å². The minimum atomic E-state index is 0.742. The fourth-order valence-corrected chi connectivity index (χ4v) is 2.22. The van der Waals surface area contributed by atoms with E-state index >= 15 is 0 Å². The molecule has 0 radical (unpaired) electrons. The maximum Gasteiger partial charge on any atom is 0.00416 e. The van der Waals surface area contributed by atoms with Gasteiger partial charge < -0.3 is 4.90 Å². The van der Waals surface area contributed by atoms with Crippen molar-refractivity contribution in [3.05, 3.63) is 11.6 Å². The third kappa shape index (κ3) is 3.15. The van der Waals surface area contributed by atoms with E-state index in [-0.39, 0.29) is 0 Å². The lowest BCUT2D eigenvalue weighted by molar-refractivity contribution is 0.282. The van der Waals surface area contributed by atoms with Crippen molar-refractivity contribution in [3.8, 4) is 0 Å². The maximum absolute atomic E-state index is 2.50. The average molecular weight is 181 g/mol. The predicted molar refractivity (Wildman–Crippen MR) is 58.8 cm³/mol. The van der Waals surface area contributed by atoms with E-state index in [9.17, 15) is 0 Å². The molecule has 1 heteroatoms. The van der Waals surface area contributed by atoms with Gasteiger partial charge in [0.25, 0.3) is 0 Å². The van der Waals surface area contributed by atoms with Gasteiger partial charge in [-0.2, -0.15) is 0 Å². The lowest BCUT2D eigenvalue weighted by atomic mass is 9.97. The van der Waals surface area contributed by atoms with Gasteiger partial charge in [0.05, 0.1) is 0 Å². The Morgan fingerprint density at radius 1 is 1.46 bits per heavy atom. The molecule has 0 fully saturated rings. The Labute approximate surface area is 82.8 Å². The van der Waals surface area contributed by atoms with E-state index in [4.69, 9.17) is 0 Å². The van der Waals surface area contributed by atoms with Crippen molar-refractivity contribution < 1.29 is 0 Å². The quantitative estimate of drug-likeness (QED) is 0.592.